The molecule has 2 unspecified atom stereocenters. The molecular formula is C10H21NO6P+. The molecule has 0 aromatic heterocycles. The molecule has 0 rings (SSSR count). The normalized spacial score (nSPS) is 17.9. The van der Waals surface area contributed by atoms with E-state index in [2.05, 4.69) is 6.58 Å². The van der Waals surface area contributed by atoms with Crippen LogP contribution in [0.3, 0.4) is 0 Å². The highest BCUT2D eigenvalue weighted by molar-refractivity contribution is 7.52. The van der Waals surface area contributed by atoms with E-state index in [4.69, 9.17) is 0 Å². The van der Waals surface area contributed by atoms with Crippen LogP contribution in [0.15, 0.2) is 12.3 Å². The van der Waals surface area contributed by atoms with Crippen LogP contribution in [-0.2, 0) is 9.36 Å². The van der Waals surface area contributed by atoms with Crippen molar-refractivity contribution in [1.29, 1.82) is 0 Å². The first-order valence-corrected chi connectivity index (χ1v) is 6.92. The van der Waals surface area contributed by atoms with Gasteiger partial charge in [0.05, 0.1) is 33.3 Å². The number of rotatable bonds is 6. The first-order valence-electron chi connectivity index (χ1n) is 5.23. The Balaban J connectivity index is 6.03. The molecule has 8 heteroatoms. The first kappa shape index (κ1) is 17.1. The highest BCUT2D eigenvalue weighted by Crippen LogP contribution is 2.50. The van der Waals surface area contributed by atoms with Gasteiger partial charge < -0.3 is 24.5 Å². The Kier molecular flexibility index (Phi) is 4.77. The molecule has 0 bridgehead atoms. The molecule has 7 nitrogen and oxygen atoms in total. The molecule has 0 radical (unpaired) electrons. The third kappa shape index (κ3) is 3.11. The van der Waals surface area contributed by atoms with Gasteiger partial charge in [-0.15, -0.1) is 0 Å². The Morgan fingerprint density at radius 3 is 1.89 bits per heavy atom. The van der Waals surface area contributed by atoms with E-state index in [1.807, 2.05) is 0 Å². The molecule has 0 heterocycles. The van der Waals surface area contributed by atoms with Crippen LogP contribution in [-0.4, -0.2) is 62.8 Å². The Morgan fingerprint density at radius 2 is 1.72 bits per heavy atom. The molecule has 0 amide bonds. The maximum atomic E-state index is 11.6. The number of hydrogen-bond acceptors (Lipinski definition) is 3. The molecule has 2 atom stereocenters. The molecule has 0 aromatic rings. The maximum Gasteiger partial charge on any atom is 0.367 e. The monoisotopic (exact) mass is 282 g/mol. The van der Waals surface area contributed by atoms with Crippen molar-refractivity contribution in [2.75, 3.05) is 21.1 Å². The van der Waals surface area contributed by atoms with E-state index in [9.17, 15) is 29.4 Å². The van der Waals surface area contributed by atoms with Gasteiger partial charge in [0.2, 0.25) is 5.54 Å². The smallest absolute Gasteiger partial charge is 0.367 e. The second-order valence-electron chi connectivity index (χ2n) is 5.25. The summed E-state index contributed by atoms with van der Waals surface area (Å²) in [5.41, 5.74) is -3.32. The van der Waals surface area contributed by atoms with Crippen molar-refractivity contribution in [1.82, 2.24) is 0 Å². The zero-order chi connectivity index (χ0) is 14.9. The maximum absolute atomic E-state index is 11.6. The molecule has 0 aliphatic heterocycles. The lowest BCUT2D eigenvalue weighted by molar-refractivity contribution is -0.913. The lowest BCUT2D eigenvalue weighted by atomic mass is 9.87. The summed E-state index contributed by atoms with van der Waals surface area (Å²) in [6.45, 7) is 4.40. The minimum absolute atomic E-state index is 0.256. The fraction of sp³-hybridized carbons (Fsp3) is 0.700. The van der Waals surface area contributed by atoms with Crippen molar-refractivity contribution in [3.05, 3.63) is 12.3 Å². The van der Waals surface area contributed by atoms with E-state index >= 15 is 0 Å². The predicted molar refractivity (Wildman–Crippen MR) is 66.3 cm³/mol. The van der Waals surface area contributed by atoms with Crippen LogP contribution >= 0.6 is 7.60 Å². The van der Waals surface area contributed by atoms with E-state index in [1.54, 1.807) is 0 Å². The summed E-state index contributed by atoms with van der Waals surface area (Å²) >= 11 is 0. The van der Waals surface area contributed by atoms with Crippen LogP contribution in [0.5, 0.6) is 0 Å². The number of nitrogens with zero attached hydrogens (tertiary/aromatic N) is 1. The second kappa shape index (κ2) is 5.01. The van der Waals surface area contributed by atoms with Crippen molar-refractivity contribution >= 4 is 13.6 Å². The van der Waals surface area contributed by atoms with Gasteiger partial charge in [-0.1, -0.05) is 6.58 Å². The molecule has 0 aromatic carbocycles. The molecule has 106 valence electrons. The molecule has 18 heavy (non-hydrogen) atoms. The lowest BCUT2D eigenvalue weighted by Crippen LogP contribution is -2.67. The summed E-state index contributed by atoms with van der Waals surface area (Å²) in [5, 5.41) is 18.7. The zero-order valence-electron chi connectivity index (χ0n) is 11.0. The number of aliphatic hydroxyl groups is 1. The largest absolute Gasteiger partial charge is 0.513 e. The number of quaternary nitrogens is 1. The third-order valence-corrected chi connectivity index (χ3v) is 4.67. The van der Waals surface area contributed by atoms with Crippen LogP contribution in [0, 0.1) is 0 Å². The van der Waals surface area contributed by atoms with E-state index in [1.165, 1.54) is 28.1 Å². The molecule has 0 saturated carbocycles. The lowest BCUT2D eigenvalue weighted by Gasteiger charge is -2.46. The summed E-state index contributed by atoms with van der Waals surface area (Å²) in [6.07, 6.45) is -0.432. The third-order valence-electron chi connectivity index (χ3n) is 3.24. The number of carbonyl (C=O) groups is 1. The average molecular weight is 282 g/mol. The van der Waals surface area contributed by atoms with Gasteiger partial charge in [0.25, 0.3) is 0 Å². The van der Waals surface area contributed by atoms with Crippen molar-refractivity contribution < 1.29 is 33.8 Å². The topological polar surface area (TPSA) is 115 Å². The molecular weight excluding hydrogens is 261 g/mol. The standard InChI is InChI=1S/C10H20NO6P/c1-7(12)6-10(9(13)14,11(3,4)5)8(2)18(15,16)17/h8H,1,6H2,2-5H3,(H3-,12,13,14,15,16,17)/p+1. The van der Waals surface area contributed by atoms with E-state index in [-0.39, 0.29) is 4.48 Å². The number of carboxylic acid groups (broad SMARTS) is 1. The minimum atomic E-state index is -4.63. The summed E-state index contributed by atoms with van der Waals surface area (Å²) in [4.78, 5) is 30.1. The van der Waals surface area contributed by atoms with Gasteiger partial charge in [-0.05, 0) is 6.92 Å². The van der Waals surface area contributed by atoms with Crippen LogP contribution in [0.4, 0.5) is 0 Å². The Bertz CT molecular complexity index is 396. The van der Waals surface area contributed by atoms with E-state index in [0.717, 1.165) is 0 Å². The van der Waals surface area contributed by atoms with Crippen LogP contribution in [0.25, 0.3) is 0 Å². The van der Waals surface area contributed by atoms with Gasteiger partial charge in [-0.3, -0.25) is 4.57 Å². The predicted octanol–water partition coefficient (Wildman–Crippen LogP) is 0.544. The molecule has 0 fully saturated rings. The minimum Gasteiger partial charge on any atom is -0.513 e. The SMILES string of the molecule is C=C(O)CC(C(=O)O)(C(C)P(=O)(O)O)[N+](C)(C)C. The van der Waals surface area contributed by atoms with Crippen LogP contribution in [0.2, 0.25) is 0 Å². The molecule has 4 N–H and O–H groups in total. The Hall–Kier alpha value is -0.880. The average Bonchev–Trinajstić information content (AvgIpc) is 2.08. The van der Waals surface area contributed by atoms with Crippen LogP contribution in [0.1, 0.15) is 13.3 Å². The highest BCUT2D eigenvalue weighted by Gasteiger charge is 2.60. The number of carboxylic acids is 1. The van der Waals surface area contributed by atoms with E-state index in [0.29, 0.717) is 0 Å². The van der Waals surface area contributed by atoms with Crippen molar-refractivity contribution in [2.45, 2.75) is 24.5 Å². The number of hydrogen-bond donors (Lipinski definition) is 4. The van der Waals surface area contributed by atoms with Crippen LogP contribution < -0.4 is 0 Å². The van der Waals surface area contributed by atoms with Gasteiger partial charge in [0.1, 0.15) is 5.66 Å². The van der Waals surface area contributed by atoms with Gasteiger partial charge in [-0.2, -0.15) is 0 Å². The Morgan fingerprint density at radius 1 is 1.33 bits per heavy atom. The van der Waals surface area contributed by atoms with Crippen molar-refractivity contribution in [3.8, 4) is 0 Å². The van der Waals surface area contributed by atoms with Crippen molar-refractivity contribution in [2.24, 2.45) is 0 Å². The number of aliphatic hydroxyl groups excluding tert-OH is 1. The summed E-state index contributed by atoms with van der Waals surface area (Å²) in [6, 6.07) is 0. The van der Waals surface area contributed by atoms with Gasteiger partial charge in [-0.25, -0.2) is 4.79 Å². The molecule has 0 saturated heterocycles. The molecule has 0 spiro atoms. The Labute approximate surface area is 106 Å². The van der Waals surface area contributed by atoms with Gasteiger partial charge in [0.15, 0.2) is 0 Å². The summed E-state index contributed by atoms with van der Waals surface area (Å²) in [7, 11) is -0.124. The van der Waals surface area contributed by atoms with Gasteiger partial charge >= 0.3 is 13.6 Å². The fourth-order valence-electron chi connectivity index (χ4n) is 2.08. The second-order valence-corrected chi connectivity index (χ2v) is 7.20. The van der Waals surface area contributed by atoms with Gasteiger partial charge in [0, 0.05) is 0 Å². The molecule has 0 aliphatic rings. The van der Waals surface area contributed by atoms with Crippen molar-refractivity contribution in [3.63, 3.8) is 0 Å². The molecule has 0 aliphatic carbocycles. The number of likely N-dealkylation sites (N-methyl/N-ethyl adjacent to an activating group) is 1. The number of aliphatic carboxylic acids is 1. The zero-order valence-corrected chi connectivity index (χ0v) is 11.9. The quantitative estimate of drug-likeness (QED) is 0.321. The summed E-state index contributed by atoms with van der Waals surface area (Å²) in [5.74, 6) is -1.81. The highest BCUT2D eigenvalue weighted by atomic mass is 31.2. The van der Waals surface area contributed by atoms with E-state index < -0.39 is 36.9 Å². The summed E-state index contributed by atoms with van der Waals surface area (Å²) < 4.78 is 11.2. The fourth-order valence-corrected chi connectivity index (χ4v) is 3.18. The first-order chi connectivity index (χ1) is 7.76.